The number of benzene rings is 2. The zero-order valence-corrected chi connectivity index (χ0v) is 14.0. The second-order valence-electron chi connectivity index (χ2n) is 5.24. The maximum Gasteiger partial charge on any atom is 0.274 e. The van der Waals surface area contributed by atoms with Gasteiger partial charge in [0.1, 0.15) is 11.5 Å². The van der Waals surface area contributed by atoms with Gasteiger partial charge in [-0.05, 0) is 42.8 Å². The molecular formula is C18H14ClFN4O. The molecule has 0 aliphatic heterocycles. The van der Waals surface area contributed by atoms with Crippen molar-refractivity contribution in [1.82, 2.24) is 9.97 Å². The molecule has 3 rings (SSSR count). The first-order chi connectivity index (χ1) is 12.0. The van der Waals surface area contributed by atoms with Crippen molar-refractivity contribution >= 4 is 34.8 Å². The Morgan fingerprint density at radius 3 is 2.64 bits per heavy atom. The Labute approximate surface area is 148 Å². The van der Waals surface area contributed by atoms with Crippen LogP contribution < -0.4 is 10.6 Å². The Morgan fingerprint density at radius 1 is 1.08 bits per heavy atom. The van der Waals surface area contributed by atoms with Crippen LogP contribution in [-0.2, 0) is 0 Å². The molecule has 0 fully saturated rings. The van der Waals surface area contributed by atoms with E-state index in [0.717, 1.165) is 11.3 Å². The number of halogens is 2. The molecule has 7 heteroatoms. The van der Waals surface area contributed by atoms with Crippen molar-refractivity contribution in [3.8, 4) is 0 Å². The van der Waals surface area contributed by atoms with E-state index in [4.69, 9.17) is 11.6 Å². The van der Waals surface area contributed by atoms with E-state index in [0.29, 0.717) is 5.02 Å². The standard InChI is InChI=1S/C18H14ClFN4O/c1-11-12(19)5-4-8-14(11)23-18-21-10-9-16(24-18)17(25)22-15-7-3-2-6-13(15)20/h2-10H,1H3,(H,22,25)(H,21,23,24). The summed E-state index contributed by atoms with van der Waals surface area (Å²) in [5, 5.41) is 6.12. The summed E-state index contributed by atoms with van der Waals surface area (Å²) < 4.78 is 13.6. The summed E-state index contributed by atoms with van der Waals surface area (Å²) in [6, 6.07) is 12.8. The summed E-state index contributed by atoms with van der Waals surface area (Å²) in [5.41, 5.74) is 1.78. The molecule has 0 saturated carbocycles. The van der Waals surface area contributed by atoms with E-state index in [1.165, 1.54) is 24.4 Å². The normalized spacial score (nSPS) is 10.4. The van der Waals surface area contributed by atoms with E-state index >= 15 is 0 Å². The maximum atomic E-state index is 13.6. The molecule has 3 aromatic rings. The number of aromatic nitrogens is 2. The van der Waals surface area contributed by atoms with Gasteiger partial charge in [-0.2, -0.15) is 0 Å². The van der Waals surface area contributed by atoms with Crippen LogP contribution in [0.4, 0.5) is 21.7 Å². The van der Waals surface area contributed by atoms with Gasteiger partial charge in [0.2, 0.25) is 5.95 Å². The first-order valence-electron chi connectivity index (χ1n) is 7.45. The summed E-state index contributed by atoms with van der Waals surface area (Å²) in [7, 11) is 0. The highest BCUT2D eigenvalue weighted by Gasteiger charge is 2.12. The lowest BCUT2D eigenvalue weighted by Crippen LogP contribution is -2.15. The predicted molar refractivity (Wildman–Crippen MR) is 95.9 cm³/mol. The average molecular weight is 357 g/mol. The van der Waals surface area contributed by atoms with Crippen LogP contribution in [0.5, 0.6) is 0 Å². The molecule has 2 N–H and O–H groups in total. The molecule has 0 radical (unpaired) electrons. The summed E-state index contributed by atoms with van der Waals surface area (Å²) in [6.45, 7) is 1.86. The number of para-hydroxylation sites is 1. The number of carbonyl (C=O) groups excluding carboxylic acids is 1. The first-order valence-corrected chi connectivity index (χ1v) is 7.83. The van der Waals surface area contributed by atoms with Gasteiger partial charge < -0.3 is 10.6 Å². The predicted octanol–water partition coefficient (Wildman–Crippen LogP) is 4.57. The number of nitrogens with one attached hydrogen (secondary N) is 2. The van der Waals surface area contributed by atoms with Crippen LogP contribution in [0.3, 0.4) is 0 Å². The lowest BCUT2D eigenvalue weighted by molar-refractivity contribution is 0.102. The molecule has 5 nitrogen and oxygen atoms in total. The van der Waals surface area contributed by atoms with Crippen molar-refractivity contribution in [2.75, 3.05) is 10.6 Å². The van der Waals surface area contributed by atoms with Gasteiger partial charge in [0, 0.05) is 16.9 Å². The quantitative estimate of drug-likeness (QED) is 0.718. The molecule has 1 aromatic heterocycles. The highest BCUT2D eigenvalue weighted by atomic mass is 35.5. The second kappa shape index (κ2) is 7.27. The number of nitrogens with zero attached hydrogens (tertiary/aromatic N) is 2. The Balaban J connectivity index is 1.80. The van der Waals surface area contributed by atoms with Crippen LogP contribution in [0.1, 0.15) is 16.1 Å². The molecule has 0 saturated heterocycles. The van der Waals surface area contributed by atoms with Gasteiger partial charge in [0.25, 0.3) is 5.91 Å². The zero-order chi connectivity index (χ0) is 17.8. The van der Waals surface area contributed by atoms with E-state index in [1.54, 1.807) is 24.3 Å². The van der Waals surface area contributed by atoms with Crippen molar-refractivity contribution in [1.29, 1.82) is 0 Å². The van der Waals surface area contributed by atoms with Gasteiger partial charge in [-0.1, -0.05) is 29.8 Å². The first kappa shape index (κ1) is 16.9. The van der Waals surface area contributed by atoms with Crippen LogP contribution in [0.15, 0.2) is 54.7 Å². The number of hydrogen-bond donors (Lipinski definition) is 2. The third-order valence-electron chi connectivity index (χ3n) is 3.52. The summed E-state index contributed by atoms with van der Waals surface area (Å²) >= 11 is 6.09. The SMILES string of the molecule is Cc1c(Cl)cccc1Nc1nccc(C(=O)Nc2ccccc2F)n1. The van der Waals surface area contributed by atoms with Gasteiger partial charge in [-0.25, -0.2) is 14.4 Å². The third kappa shape index (κ3) is 3.92. The Morgan fingerprint density at radius 2 is 1.84 bits per heavy atom. The Hall–Kier alpha value is -2.99. The van der Waals surface area contributed by atoms with Crippen LogP contribution in [-0.4, -0.2) is 15.9 Å². The van der Waals surface area contributed by atoms with E-state index in [2.05, 4.69) is 20.6 Å². The van der Waals surface area contributed by atoms with E-state index in [-0.39, 0.29) is 17.3 Å². The number of rotatable bonds is 4. The lowest BCUT2D eigenvalue weighted by atomic mass is 10.2. The minimum Gasteiger partial charge on any atom is -0.324 e. The fourth-order valence-electron chi connectivity index (χ4n) is 2.16. The van der Waals surface area contributed by atoms with Crippen molar-refractivity contribution < 1.29 is 9.18 Å². The molecule has 126 valence electrons. The molecule has 25 heavy (non-hydrogen) atoms. The molecule has 1 amide bonds. The topological polar surface area (TPSA) is 66.9 Å². The van der Waals surface area contributed by atoms with E-state index in [1.807, 2.05) is 13.0 Å². The van der Waals surface area contributed by atoms with Crippen molar-refractivity contribution in [2.45, 2.75) is 6.92 Å². The number of amides is 1. The number of anilines is 3. The van der Waals surface area contributed by atoms with Gasteiger partial charge in [-0.15, -0.1) is 0 Å². The zero-order valence-electron chi connectivity index (χ0n) is 13.3. The molecule has 0 bridgehead atoms. The monoisotopic (exact) mass is 356 g/mol. The van der Waals surface area contributed by atoms with Crippen LogP contribution in [0.25, 0.3) is 0 Å². The summed E-state index contributed by atoms with van der Waals surface area (Å²) in [6.07, 6.45) is 1.45. The molecule has 0 aliphatic carbocycles. The van der Waals surface area contributed by atoms with Gasteiger partial charge in [-0.3, -0.25) is 4.79 Å². The fourth-order valence-corrected chi connectivity index (χ4v) is 2.33. The molecule has 2 aromatic carbocycles. The minimum atomic E-state index is -0.529. The highest BCUT2D eigenvalue weighted by molar-refractivity contribution is 6.31. The Bertz CT molecular complexity index is 932. The lowest BCUT2D eigenvalue weighted by Gasteiger charge is -2.10. The van der Waals surface area contributed by atoms with Gasteiger partial charge in [0.15, 0.2) is 0 Å². The Kier molecular flexibility index (Phi) is 4.90. The highest BCUT2D eigenvalue weighted by Crippen LogP contribution is 2.25. The molecule has 0 aliphatic rings. The number of hydrogen-bond acceptors (Lipinski definition) is 4. The van der Waals surface area contributed by atoms with Gasteiger partial charge >= 0.3 is 0 Å². The van der Waals surface area contributed by atoms with Gasteiger partial charge in [0.05, 0.1) is 5.69 Å². The molecule has 0 spiro atoms. The minimum absolute atomic E-state index is 0.0892. The molecular weight excluding hydrogens is 343 g/mol. The maximum absolute atomic E-state index is 13.6. The largest absolute Gasteiger partial charge is 0.324 e. The smallest absolute Gasteiger partial charge is 0.274 e. The fraction of sp³-hybridized carbons (Fsp3) is 0.0556. The average Bonchev–Trinajstić information content (AvgIpc) is 2.61. The summed E-state index contributed by atoms with van der Waals surface area (Å²) in [4.78, 5) is 20.5. The van der Waals surface area contributed by atoms with Crippen molar-refractivity contribution in [3.05, 3.63) is 76.8 Å². The molecule has 1 heterocycles. The van der Waals surface area contributed by atoms with Crippen molar-refractivity contribution in [3.63, 3.8) is 0 Å². The second-order valence-corrected chi connectivity index (χ2v) is 5.64. The van der Waals surface area contributed by atoms with Crippen LogP contribution in [0, 0.1) is 12.7 Å². The number of carbonyl (C=O) groups is 1. The van der Waals surface area contributed by atoms with Crippen molar-refractivity contribution in [2.24, 2.45) is 0 Å². The summed E-state index contributed by atoms with van der Waals surface area (Å²) in [5.74, 6) is -0.803. The van der Waals surface area contributed by atoms with E-state index in [9.17, 15) is 9.18 Å². The molecule has 0 atom stereocenters. The van der Waals surface area contributed by atoms with Crippen LogP contribution >= 0.6 is 11.6 Å². The molecule has 0 unspecified atom stereocenters. The van der Waals surface area contributed by atoms with Crippen LogP contribution in [0.2, 0.25) is 5.02 Å². The third-order valence-corrected chi connectivity index (χ3v) is 3.93. The van der Waals surface area contributed by atoms with E-state index < -0.39 is 11.7 Å².